The molecule has 0 radical (unpaired) electrons. The molecule has 104 valence electrons. The quantitative estimate of drug-likeness (QED) is 0.451. The zero-order valence-corrected chi connectivity index (χ0v) is 13.5. The fourth-order valence-corrected chi connectivity index (χ4v) is 1.39. The number of rotatable bonds is 5. The second kappa shape index (κ2) is 10.6. The Morgan fingerprint density at radius 3 is 2.68 bits per heavy atom. The van der Waals surface area contributed by atoms with Crippen LogP contribution in [0, 0.1) is 14.9 Å². The maximum absolute atomic E-state index is 9.43. The van der Waals surface area contributed by atoms with Crippen molar-refractivity contribution in [1.29, 1.82) is 5.26 Å². The number of pyridine rings is 1. The van der Waals surface area contributed by atoms with Gasteiger partial charge in [0, 0.05) is 23.9 Å². The Hall–Kier alpha value is -1.36. The van der Waals surface area contributed by atoms with Gasteiger partial charge in [-0.1, -0.05) is 13.3 Å². The third-order valence-corrected chi connectivity index (χ3v) is 2.48. The zero-order chi connectivity index (χ0) is 14.7. The largest absolute Gasteiger partial charge is 0.477 e. The lowest BCUT2D eigenvalue weighted by Gasteiger charge is -2.05. The molecule has 0 aliphatic heterocycles. The van der Waals surface area contributed by atoms with Crippen LogP contribution in [0.25, 0.3) is 0 Å². The summed E-state index contributed by atoms with van der Waals surface area (Å²) in [5.74, 6) is 0.446. The molecule has 0 fully saturated rings. The van der Waals surface area contributed by atoms with Crippen LogP contribution in [0.3, 0.4) is 0 Å². The number of halogens is 1. The summed E-state index contributed by atoms with van der Waals surface area (Å²) in [6, 6.07) is 3.84. The van der Waals surface area contributed by atoms with Crippen molar-refractivity contribution in [2.75, 3.05) is 20.7 Å². The molecule has 0 unspecified atom stereocenters. The van der Waals surface area contributed by atoms with Crippen molar-refractivity contribution in [1.82, 2.24) is 9.88 Å². The van der Waals surface area contributed by atoms with Crippen LogP contribution in [-0.4, -0.2) is 37.0 Å². The van der Waals surface area contributed by atoms with Gasteiger partial charge in [0.25, 0.3) is 0 Å². The molecule has 0 bridgehead atoms. The van der Waals surface area contributed by atoms with Gasteiger partial charge in [0.2, 0.25) is 12.3 Å². The minimum absolute atomic E-state index is 0.446. The Balaban J connectivity index is 0.000000555. The van der Waals surface area contributed by atoms with E-state index >= 15 is 0 Å². The van der Waals surface area contributed by atoms with E-state index in [1.165, 1.54) is 4.90 Å². The lowest BCUT2D eigenvalue weighted by molar-refractivity contribution is -0.115. The average molecular weight is 375 g/mol. The van der Waals surface area contributed by atoms with E-state index in [2.05, 4.69) is 40.6 Å². The molecule has 5 nitrogen and oxygen atoms in total. The van der Waals surface area contributed by atoms with E-state index in [9.17, 15) is 4.79 Å². The van der Waals surface area contributed by atoms with Crippen LogP contribution < -0.4 is 4.74 Å². The Labute approximate surface area is 127 Å². The van der Waals surface area contributed by atoms with E-state index in [1.54, 1.807) is 26.4 Å². The average Bonchev–Trinajstić information content (AvgIpc) is 2.41. The minimum Gasteiger partial charge on any atom is -0.477 e. The molecule has 1 rings (SSSR count). The highest BCUT2D eigenvalue weighted by Gasteiger charge is 2.04. The van der Waals surface area contributed by atoms with Crippen LogP contribution in [0.4, 0.5) is 0 Å². The van der Waals surface area contributed by atoms with E-state index in [0.717, 1.165) is 22.8 Å². The van der Waals surface area contributed by atoms with Gasteiger partial charge in [0.1, 0.15) is 11.6 Å². The lowest BCUT2D eigenvalue weighted by atomic mass is 10.3. The van der Waals surface area contributed by atoms with Crippen LogP contribution in [0.5, 0.6) is 5.88 Å². The second-order valence-corrected chi connectivity index (χ2v) is 5.13. The molecule has 0 aliphatic rings. The number of carbonyl (C=O) groups excluding carboxylic acids is 1. The number of amides is 1. The number of unbranched alkanes of at least 4 members (excludes halogenated alkanes) is 1. The van der Waals surface area contributed by atoms with Gasteiger partial charge in [-0.3, -0.25) is 4.79 Å². The van der Waals surface area contributed by atoms with Crippen LogP contribution in [-0.2, 0) is 4.79 Å². The van der Waals surface area contributed by atoms with Gasteiger partial charge < -0.3 is 9.64 Å². The summed E-state index contributed by atoms with van der Waals surface area (Å²) < 4.78 is 6.33. The number of nitrogens with zero attached hydrogens (tertiary/aromatic N) is 3. The predicted molar refractivity (Wildman–Crippen MR) is 81.8 cm³/mol. The fourth-order valence-electron chi connectivity index (χ4n) is 0.935. The number of hydrogen-bond acceptors (Lipinski definition) is 4. The monoisotopic (exact) mass is 375 g/mol. The number of ether oxygens (including phenoxy) is 1. The van der Waals surface area contributed by atoms with Gasteiger partial charge in [0.15, 0.2) is 0 Å². The first-order valence-corrected chi connectivity index (χ1v) is 6.93. The highest BCUT2D eigenvalue weighted by Crippen LogP contribution is 2.16. The maximum Gasteiger partial charge on any atom is 0.231 e. The van der Waals surface area contributed by atoms with Gasteiger partial charge in [-0.05, 0) is 35.1 Å². The third kappa shape index (κ3) is 8.37. The van der Waals surface area contributed by atoms with Gasteiger partial charge in [-0.2, -0.15) is 5.26 Å². The minimum atomic E-state index is 0.446. The first-order valence-electron chi connectivity index (χ1n) is 5.85. The zero-order valence-electron chi connectivity index (χ0n) is 11.4. The van der Waals surface area contributed by atoms with Crippen molar-refractivity contribution in [3.8, 4) is 11.9 Å². The van der Waals surface area contributed by atoms with E-state index in [-0.39, 0.29) is 0 Å². The molecule has 0 saturated carbocycles. The Kier molecular flexibility index (Phi) is 9.80. The molecule has 1 heterocycles. The maximum atomic E-state index is 9.43. The second-order valence-electron chi connectivity index (χ2n) is 3.89. The summed E-state index contributed by atoms with van der Waals surface area (Å²) in [5, 5.41) is 8.83. The summed E-state index contributed by atoms with van der Waals surface area (Å²) >= 11 is 2.12. The van der Waals surface area contributed by atoms with E-state index in [4.69, 9.17) is 10.00 Å². The van der Waals surface area contributed by atoms with Crippen molar-refractivity contribution < 1.29 is 9.53 Å². The summed E-state index contributed by atoms with van der Waals surface area (Å²) in [7, 11) is 3.38. The van der Waals surface area contributed by atoms with Gasteiger partial charge in [-0.15, -0.1) is 0 Å². The van der Waals surface area contributed by atoms with Crippen molar-refractivity contribution in [2.24, 2.45) is 0 Å². The fraction of sp³-hybridized carbons (Fsp3) is 0.462. The molecule has 0 spiro atoms. The van der Waals surface area contributed by atoms with Crippen molar-refractivity contribution in [3.05, 3.63) is 21.4 Å². The number of hydrogen-bond donors (Lipinski definition) is 0. The smallest absolute Gasteiger partial charge is 0.231 e. The molecule has 0 aliphatic carbocycles. The SMILES string of the molecule is CCCCOc1ncc(I)cc1C#N.CN(C)C=O. The number of aromatic nitrogens is 1. The van der Waals surface area contributed by atoms with Crippen LogP contribution >= 0.6 is 22.6 Å². The van der Waals surface area contributed by atoms with Crippen LogP contribution in [0.2, 0.25) is 0 Å². The third-order valence-electron chi connectivity index (χ3n) is 1.89. The number of carbonyl (C=O) groups is 1. The van der Waals surface area contributed by atoms with E-state index in [0.29, 0.717) is 18.1 Å². The molecule has 1 aromatic heterocycles. The topological polar surface area (TPSA) is 66.2 Å². The highest BCUT2D eigenvalue weighted by molar-refractivity contribution is 14.1. The van der Waals surface area contributed by atoms with Crippen molar-refractivity contribution in [2.45, 2.75) is 19.8 Å². The molecule has 0 saturated heterocycles. The molecule has 19 heavy (non-hydrogen) atoms. The number of nitriles is 1. The molecule has 0 aromatic carbocycles. The molecular weight excluding hydrogens is 357 g/mol. The summed E-state index contributed by atoms with van der Waals surface area (Å²) in [6.07, 6.45) is 4.51. The van der Waals surface area contributed by atoms with Gasteiger partial charge >= 0.3 is 0 Å². The Morgan fingerprint density at radius 1 is 1.58 bits per heavy atom. The van der Waals surface area contributed by atoms with E-state index in [1.807, 2.05) is 0 Å². The Morgan fingerprint density at radius 2 is 2.21 bits per heavy atom. The van der Waals surface area contributed by atoms with Gasteiger partial charge in [0.05, 0.1) is 6.61 Å². The Bertz CT molecular complexity index is 430. The molecular formula is C13H18IN3O2. The normalized spacial score (nSPS) is 8.79. The molecule has 1 aromatic rings. The lowest BCUT2D eigenvalue weighted by Crippen LogP contribution is -2.06. The first-order chi connectivity index (χ1) is 9.04. The molecule has 6 heteroatoms. The summed E-state index contributed by atoms with van der Waals surface area (Å²) in [4.78, 5) is 14.9. The molecule has 0 N–H and O–H groups in total. The molecule has 1 amide bonds. The van der Waals surface area contributed by atoms with Crippen LogP contribution in [0.15, 0.2) is 12.3 Å². The first kappa shape index (κ1) is 17.6. The van der Waals surface area contributed by atoms with Gasteiger partial charge in [-0.25, -0.2) is 4.98 Å². The molecule has 0 atom stereocenters. The highest BCUT2D eigenvalue weighted by atomic mass is 127. The standard InChI is InChI=1S/C10H11IN2O.C3H7NO/c1-2-3-4-14-10-8(6-12)5-9(11)7-13-10;1-4(2)3-5/h5,7H,2-4H2,1H3;3H,1-2H3. The summed E-state index contributed by atoms with van der Waals surface area (Å²) in [6.45, 7) is 2.72. The predicted octanol–water partition coefficient (Wildman–Crippen LogP) is 2.44. The van der Waals surface area contributed by atoms with Crippen LogP contribution in [0.1, 0.15) is 25.3 Å². The van der Waals surface area contributed by atoms with E-state index < -0.39 is 0 Å². The summed E-state index contributed by atoms with van der Waals surface area (Å²) in [5.41, 5.74) is 0.507. The van der Waals surface area contributed by atoms with Crippen molar-refractivity contribution in [3.63, 3.8) is 0 Å². The van der Waals surface area contributed by atoms with Crippen molar-refractivity contribution >= 4 is 29.0 Å².